The van der Waals surface area contributed by atoms with Crippen molar-refractivity contribution in [2.45, 2.75) is 81.4 Å². The first-order valence-electron chi connectivity index (χ1n) is 10.2. The summed E-state index contributed by atoms with van der Waals surface area (Å²) < 4.78 is 10.4. The number of carbonyl (C=O) groups excluding carboxylic acids is 1. The summed E-state index contributed by atoms with van der Waals surface area (Å²) >= 11 is 0. The lowest BCUT2D eigenvalue weighted by atomic mass is 9.98. The minimum atomic E-state index is -2.06. The van der Waals surface area contributed by atoms with E-state index < -0.39 is 74.2 Å². The summed E-state index contributed by atoms with van der Waals surface area (Å²) in [5.41, 5.74) is 0. The maximum Gasteiger partial charge on any atom is 0.251 e. The van der Waals surface area contributed by atoms with Crippen LogP contribution in [0.5, 0.6) is 0 Å². The van der Waals surface area contributed by atoms with Gasteiger partial charge in [0.2, 0.25) is 0 Å². The molecule has 1 heterocycles. The van der Waals surface area contributed by atoms with Crippen molar-refractivity contribution in [2.75, 3.05) is 26.3 Å². The van der Waals surface area contributed by atoms with E-state index in [2.05, 4.69) is 10.6 Å². The van der Waals surface area contributed by atoms with Crippen LogP contribution in [0.15, 0.2) is 0 Å². The molecule has 0 spiro atoms. The van der Waals surface area contributed by atoms with Crippen molar-refractivity contribution in [3.8, 4) is 0 Å². The highest BCUT2D eigenvalue weighted by atomic mass is 16.7. The fraction of sp³-hybridized carbons (Fsp3) is 0.944. The van der Waals surface area contributed by atoms with Gasteiger partial charge in [-0.25, -0.2) is 0 Å². The summed E-state index contributed by atoms with van der Waals surface area (Å²) in [7, 11) is 0. The summed E-state index contributed by atoms with van der Waals surface area (Å²) in [6, 6.07) is 0.267. The number of nitrogens with one attached hydrogen (secondary N) is 2. The van der Waals surface area contributed by atoms with Gasteiger partial charge < -0.3 is 61.0 Å². The minimum absolute atomic E-state index is 0.198. The van der Waals surface area contributed by atoms with E-state index >= 15 is 0 Å². The van der Waals surface area contributed by atoms with Gasteiger partial charge >= 0.3 is 0 Å². The van der Waals surface area contributed by atoms with Crippen LogP contribution in [0, 0.1) is 0 Å². The van der Waals surface area contributed by atoms with E-state index in [1.54, 1.807) is 0 Å². The Morgan fingerprint density at radius 3 is 2.23 bits per heavy atom. The molecule has 0 bridgehead atoms. The van der Waals surface area contributed by atoms with Crippen molar-refractivity contribution >= 4 is 5.91 Å². The van der Waals surface area contributed by atoms with E-state index in [1.807, 2.05) is 13.8 Å². The number of amides is 1. The third kappa shape index (κ3) is 8.14. The van der Waals surface area contributed by atoms with Gasteiger partial charge in [0.15, 0.2) is 12.4 Å². The van der Waals surface area contributed by atoms with Crippen LogP contribution in [0.25, 0.3) is 0 Å². The second-order valence-electron chi connectivity index (χ2n) is 7.74. The van der Waals surface area contributed by atoms with Gasteiger partial charge in [0.1, 0.15) is 42.7 Å². The SMILES string of the molecule is CC(C)NCCCNC(=O)[C@H](O)[C@@H](O)[C@H](OC1OC(CO)C(O)C(O)C1O)[C@H](O)CO. The van der Waals surface area contributed by atoms with Crippen LogP contribution in [0.1, 0.15) is 20.3 Å². The summed E-state index contributed by atoms with van der Waals surface area (Å²) in [6.07, 6.45) is -15.6. The second-order valence-corrected chi connectivity index (χ2v) is 7.74. The molecule has 1 aliphatic heterocycles. The molecule has 1 rings (SSSR count). The highest BCUT2D eigenvalue weighted by molar-refractivity contribution is 5.81. The Morgan fingerprint density at radius 2 is 1.68 bits per heavy atom. The molecule has 1 aliphatic rings. The monoisotopic (exact) mass is 456 g/mol. The molecular weight excluding hydrogens is 420 g/mol. The van der Waals surface area contributed by atoms with Crippen molar-refractivity contribution in [3.05, 3.63) is 0 Å². The highest BCUT2D eigenvalue weighted by Gasteiger charge is 2.47. The fourth-order valence-corrected chi connectivity index (χ4v) is 2.97. The van der Waals surface area contributed by atoms with Crippen LogP contribution < -0.4 is 10.6 Å². The Labute approximate surface area is 180 Å². The van der Waals surface area contributed by atoms with E-state index in [-0.39, 0.29) is 12.6 Å². The molecule has 13 heteroatoms. The first-order valence-corrected chi connectivity index (χ1v) is 10.2. The van der Waals surface area contributed by atoms with Crippen molar-refractivity contribution in [2.24, 2.45) is 0 Å². The first-order chi connectivity index (χ1) is 14.5. The quantitative estimate of drug-likeness (QED) is 0.117. The Balaban J connectivity index is 2.76. The van der Waals surface area contributed by atoms with E-state index in [1.165, 1.54) is 0 Å². The lowest BCUT2D eigenvalue weighted by Gasteiger charge is -2.42. The Morgan fingerprint density at radius 1 is 1.03 bits per heavy atom. The lowest BCUT2D eigenvalue weighted by molar-refractivity contribution is -0.326. The largest absolute Gasteiger partial charge is 0.394 e. The number of hydrogen-bond donors (Lipinski definition) is 10. The van der Waals surface area contributed by atoms with Gasteiger partial charge in [0.25, 0.3) is 5.91 Å². The molecule has 0 aromatic rings. The number of hydrogen-bond acceptors (Lipinski definition) is 12. The van der Waals surface area contributed by atoms with Crippen LogP contribution in [0.4, 0.5) is 0 Å². The lowest BCUT2D eigenvalue weighted by Crippen LogP contribution is -2.62. The van der Waals surface area contributed by atoms with Crippen molar-refractivity contribution in [1.29, 1.82) is 0 Å². The summed E-state index contributed by atoms with van der Waals surface area (Å²) in [4.78, 5) is 12.1. The summed E-state index contributed by atoms with van der Waals surface area (Å²) in [6.45, 7) is 3.05. The number of aliphatic hydroxyl groups is 8. The number of rotatable bonds is 13. The van der Waals surface area contributed by atoms with Crippen LogP contribution >= 0.6 is 0 Å². The predicted molar refractivity (Wildman–Crippen MR) is 105 cm³/mol. The predicted octanol–water partition coefficient (Wildman–Crippen LogP) is -5.25. The Bertz CT molecular complexity index is 525. The van der Waals surface area contributed by atoms with Crippen molar-refractivity contribution in [3.63, 3.8) is 0 Å². The molecule has 1 saturated heterocycles. The molecule has 9 atom stereocenters. The van der Waals surface area contributed by atoms with Crippen LogP contribution in [0.3, 0.4) is 0 Å². The Kier molecular flexibility index (Phi) is 12.3. The minimum Gasteiger partial charge on any atom is -0.394 e. The van der Waals surface area contributed by atoms with Gasteiger partial charge in [-0.3, -0.25) is 4.79 Å². The zero-order valence-corrected chi connectivity index (χ0v) is 17.6. The van der Waals surface area contributed by atoms with E-state index in [0.29, 0.717) is 13.0 Å². The molecule has 10 N–H and O–H groups in total. The van der Waals surface area contributed by atoms with Gasteiger partial charge in [-0.15, -0.1) is 0 Å². The molecule has 0 aromatic heterocycles. The van der Waals surface area contributed by atoms with Gasteiger partial charge in [0, 0.05) is 12.6 Å². The molecular formula is C18H36N2O11. The maximum absolute atomic E-state index is 12.1. The molecule has 1 fully saturated rings. The first kappa shape index (κ1) is 28.1. The van der Waals surface area contributed by atoms with Gasteiger partial charge in [-0.05, 0) is 13.0 Å². The second kappa shape index (κ2) is 13.5. The van der Waals surface area contributed by atoms with E-state index in [0.717, 1.165) is 0 Å². The van der Waals surface area contributed by atoms with Gasteiger partial charge in [-0.1, -0.05) is 13.8 Å². The zero-order valence-electron chi connectivity index (χ0n) is 17.6. The molecule has 0 aromatic carbocycles. The highest BCUT2D eigenvalue weighted by Crippen LogP contribution is 2.25. The molecule has 0 saturated carbocycles. The number of aliphatic hydroxyl groups excluding tert-OH is 8. The zero-order chi connectivity index (χ0) is 23.7. The Hall–Kier alpha value is -0.970. The molecule has 13 nitrogen and oxygen atoms in total. The van der Waals surface area contributed by atoms with Gasteiger partial charge in [-0.2, -0.15) is 0 Å². The summed E-state index contributed by atoms with van der Waals surface area (Å²) in [5.74, 6) is -0.954. The number of carbonyl (C=O) groups is 1. The topological polar surface area (TPSA) is 221 Å². The fourth-order valence-electron chi connectivity index (χ4n) is 2.97. The van der Waals surface area contributed by atoms with Crippen LogP contribution in [0.2, 0.25) is 0 Å². The average Bonchev–Trinajstić information content (AvgIpc) is 2.74. The molecule has 5 unspecified atom stereocenters. The molecule has 0 radical (unpaired) electrons. The molecule has 184 valence electrons. The number of ether oxygens (including phenoxy) is 2. The van der Waals surface area contributed by atoms with E-state index in [9.17, 15) is 45.6 Å². The van der Waals surface area contributed by atoms with Crippen LogP contribution in [-0.4, -0.2) is 134 Å². The molecule has 1 amide bonds. The van der Waals surface area contributed by atoms with Crippen molar-refractivity contribution < 1.29 is 55.1 Å². The standard InChI is InChI=1S/C18H36N2O11/c1-8(2)19-4-3-5-20-17(29)14(27)13(26)16(9(23)6-21)31-18-15(28)12(25)11(24)10(7-22)30-18/h8-16,18-19,21-28H,3-7H2,1-2H3,(H,20,29)/t9-,10?,11?,12?,13-,14-,15?,16-,18?/m1/s1. The van der Waals surface area contributed by atoms with Gasteiger partial charge in [0.05, 0.1) is 13.2 Å². The summed E-state index contributed by atoms with van der Waals surface area (Å²) in [5, 5.41) is 84.2. The molecule has 0 aliphatic carbocycles. The van der Waals surface area contributed by atoms with Crippen molar-refractivity contribution in [1.82, 2.24) is 10.6 Å². The average molecular weight is 456 g/mol. The third-order valence-corrected chi connectivity index (χ3v) is 4.84. The maximum atomic E-state index is 12.1. The normalized spacial score (nSPS) is 30.6. The molecule has 31 heavy (non-hydrogen) atoms. The smallest absolute Gasteiger partial charge is 0.251 e. The van der Waals surface area contributed by atoms with E-state index in [4.69, 9.17) is 9.47 Å². The third-order valence-electron chi connectivity index (χ3n) is 4.84. The van der Waals surface area contributed by atoms with Crippen LogP contribution in [-0.2, 0) is 14.3 Å².